The molecule has 10 nitrogen and oxygen atoms in total. The molecular weight excluding hydrogens is 464 g/mol. The van der Waals surface area contributed by atoms with E-state index in [1.807, 2.05) is 18.7 Å². The summed E-state index contributed by atoms with van der Waals surface area (Å²) in [5, 5.41) is 57.4. The number of amides is 1. The van der Waals surface area contributed by atoms with Gasteiger partial charge in [-0.25, -0.2) is 0 Å². The molecule has 2 aromatic carbocycles. The Labute approximate surface area is 207 Å². The van der Waals surface area contributed by atoms with E-state index in [4.69, 9.17) is 11.1 Å². The average molecular weight is 495 g/mol. The fraction of sp³-hybridized carbons (Fsp3) is 0.423. The number of hydrogen-bond donors (Lipinski definition) is 7. The summed E-state index contributed by atoms with van der Waals surface area (Å²) in [5.74, 6) is -4.14. The number of fused-ring (bicyclic) bond motifs is 3. The van der Waals surface area contributed by atoms with E-state index < -0.39 is 52.0 Å². The number of aromatic hydroxyl groups is 2. The van der Waals surface area contributed by atoms with Crippen LogP contribution in [0.2, 0.25) is 0 Å². The summed E-state index contributed by atoms with van der Waals surface area (Å²) in [6, 6.07) is 4.02. The van der Waals surface area contributed by atoms with Crippen molar-refractivity contribution in [2.45, 2.75) is 37.8 Å². The average Bonchev–Trinajstić information content (AvgIpc) is 2.82. The zero-order valence-electron chi connectivity index (χ0n) is 20.1. The van der Waals surface area contributed by atoms with Crippen molar-refractivity contribution in [2.75, 3.05) is 26.2 Å². The Kier molecular flexibility index (Phi) is 5.58. The molecule has 1 fully saturated rings. The SMILES string of the molecule is CC(C)c1ccc(O)c2c(O)c3c(cc12)C[C@H]1[C@@H](N2CCNCC2)C(O)=C(C(N)=O)C(=N)[C@@]1(O)C3=O. The number of ketones is 1. The van der Waals surface area contributed by atoms with Crippen LogP contribution in [0.4, 0.5) is 0 Å². The molecular formula is C26H30N4O6. The fourth-order valence-electron chi connectivity index (χ4n) is 6.15. The number of nitrogens with two attached hydrogens (primary N) is 1. The van der Waals surface area contributed by atoms with Crippen molar-refractivity contribution in [2.24, 2.45) is 11.7 Å². The Morgan fingerprint density at radius 2 is 1.89 bits per heavy atom. The van der Waals surface area contributed by atoms with Crippen LogP contribution in [-0.4, -0.2) is 80.6 Å². The van der Waals surface area contributed by atoms with E-state index in [1.165, 1.54) is 6.07 Å². The number of carbonyl (C=O) groups is 2. The Hall–Kier alpha value is -3.47. The largest absolute Gasteiger partial charge is 0.510 e. The summed E-state index contributed by atoms with van der Waals surface area (Å²) in [7, 11) is 0. The molecule has 0 aromatic heterocycles. The van der Waals surface area contributed by atoms with Crippen LogP contribution in [0, 0.1) is 11.3 Å². The minimum absolute atomic E-state index is 0.0430. The Morgan fingerprint density at radius 3 is 2.50 bits per heavy atom. The second-order valence-electron chi connectivity index (χ2n) is 10.1. The molecule has 1 amide bonds. The number of piperazine rings is 1. The molecule has 3 aliphatic rings. The summed E-state index contributed by atoms with van der Waals surface area (Å²) in [5.41, 5.74) is 2.73. The van der Waals surface area contributed by atoms with E-state index in [-0.39, 0.29) is 29.0 Å². The molecule has 36 heavy (non-hydrogen) atoms. The van der Waals surface area contributed by atoms with Crippen LogP contribution >= 0.6 is 0 Å². The molecule has 1 heterocycles. The monoisotopic (exact) mass is 494 g/mol. The summed E-state index contributed by atoms with van der Waals surface area (Å²) in [4.78, 5) is 28.1. The van der Waals surface area contributed by atoms with Crippen molar-refractivity contribution >= 4 is 28.2 Å². The van der Waals surface area contributed by atoms with Crippen LogP contribution in [0.25, 0.3) is 10.8 Å². The predicted octanol–water partition coefficient (Wildman–Crippen LogP) is 1.07. The molecule has 5 rings (SSSR count). The van der Waals surface area contributed by atoms with Crippen molar-refractivity contribution in [1.82, 2.24) is 10.2 Å². The van der Waals surface area contributed by atoms with Crippen LogP contribution in [0.3, 0.4) is 0 Å². The molecule has 3 atom stereocenters. The topological polar surface area (TPSA) is 180 Å². The second-order valence-corrected chi connectivity index (χ2v) is 10.1. The van der Waals surface area contributed by atoms with Gasteiger partial charge in [0, 0.05) is 32.1 Å². The van der Waals surface area contributed by atoms with Crippen molar-refractivity contribution in [1.29, 1.82) is 5.41 Å². The number of nitrogens with one attached hydrogen (secondary N) is 2. The van der Waals surface area contributed by atoms with Gasteiger partial charge in [-0.3, -0.25) is 14.5 Å². The first-order valence-electron chi connectivity index (χ1n) is 12.0. The number of aliphatic hydroxyl groups excluding tert-OH is 1. The number of Topliss-reactive ketones (excluding diaryl/α,β-unsaturated/α-hetero) is 1. The number of nitrogens with zero attached hydrogens (tertiary/aromatic N) is 1. The number of phenolic OH excluding ortho intramolecular Hbond substituents is 2. The van der Waals surface area contributed by atoms with E-state index in [2.05, 4.69) is 5.32 Å². The van der Waals surface area contributed by atoms with Crippen molar-refractivity contribution in [3.8, 4) is 11.5 Å². The van der Waals surface area contributed by atoms with E-state index in [1.54, 1.807) is 12.1 Å². The molecule has 8 N–H and O–H groups in total. The third-order valence-corrected chi connectivity index (χ3v) is 7.88. The molecule has 10 heteroatoms. The number of primary amides is 1. The molecule has 0 unspecified atom stereocenters. The van der Waals surface area contributed by atoms with Crippen molar-refractivity contribution in [3.05, 3.63) is 46.2 Å². The lowest BCUT2D eigenvalue weighted by molar-refractivity contribution is -0.114. The molecule has 0 spiro atoms. The molecule has 2 aromatic rings. The Bertz CT molecular complexity index is 1360. The number of carbonyl (C=O) groups excluding carboxylic acids is 2. The fourth-order valence-corrected chi connectivity index (χ4v) is 6.15. The van der Waals surface area contributed by atoms with Gasteiger partial charge in [0.05, 0.1) is 22.7 Å². The number of aliphatic hydroxyl groups is 2. The first-order chi connectivity index (χ1) is 17.0. The van der Waals surface area contributed by atoms with Gasteiger partial charge in [0.15, 0.2) is 5.60 Å². The highest BCUT2D eigenvalue weighted by atomic mass is 16.3. The molecule has 0 saturated carbocycles. The minimum Gasteiger partial charge on any atom is -0.510 e. The second kappa shape index (κ2) is 8.29. The Balaban J connectivity index is 1.78. The summed E-state index contributed by atoms with van der Waals surface area (Å²) < 4.78 is 0. The van der Waals surface area contributed by atoms with Gasteiger partial charge in [0.25, 0.3) is 5.91 Å². The summed E-state index contributed by atoms with van der Waals surface area (Å²) in [6.45, 7) is 6.12. The lowest BCUT2D eigenvalue weighted by Gasteiger charge is -2.50. The molecule has 190 valence electrons. The van der Waals surface area contributed by atoms with Gasteiger partial charge in [0.1, 0.15) is 22.8 Å². The predicted molar refractivity (Wildman–Crippen MR) is 133 cm³/mol. The zero-order valence-corrected chi connectivity index (χ0v) is 20.1. The smallest absolute Gasteiger partial charge is 0.254 e. The van der Waals surface area contributed by atoms with Crippen LogP contribution in [-0.2, 0) is 11.2 Å². The zero-order chi connectivity index (χ0) is 26.1. The number of hydrogen-bond acceptors (Lipinski definition) is 9. The molecule has 1 aliphatic heterocycles. The maximum atomic E-state index is 14.0. The molecule has 1 saturated heterocycles. The Morgan fingerprint density at radius 1 is 1.22 bits per heavy atom. The van der Waals surface area contributed by atoms with Gasteiger partial charge in [-0.1, -0.05) is 19.9 Å². The van der Waals surface area contributed by atoms with E-state index >= 15 is 0 Å². The first-order valence-corrected chi connectivity index (χ1v) is 12.0. The third kappa shape index (κ3) is 3.18. The van der Waals surface area contributed by atoms with Crippen molar-refractivity contribution < 1.29 is 30.0 Å². The quantitative estimate of drug-likeness (QED) is 0.331. The standard InChI is InChI=1S/C26H30N4O6/c1-11(2)13-3-4-16(31)18-14(13)9-12-10-15-20(30-7-5-29-6-8-30)22(33)19(25(28)35)23(27)26(15,36)24(34)17(12)21(18)32/h3-4,9,11,15,20,27,29,31-33,36H,5-8,10H2,1-2H3,(H2,28,35)/t15-,20+,26+/m0/s1. The van der Waals surface area contributed by atoms with Crippen LogP contribution < -0.4 is 11.1 Å². The van der Waals surface area contributed by atoms with Gasteiger partial charge in [-0.05, 0) is 41.0 Å². The lowest BCUT2D eigenvalue weighted by atomic mass is 9.60. The normalized spacial score (nSPS) is 26.9. The van der Waals surface area contributed by atoms with Gasteiger partial charge in [0.2, 0.25) is 5.78 Å². The van der Waals surface area contributed by atoms with Crippen molar-refractivity contribution in [3.63, 3.8) is 0 Å². The van der Waals surface area contributed by atoms with Crippen LogP contribution in [0.1, 0.15) is 41.3 Å². The van der Waals surface area contributed by atoms with Crippen LogP contribution in [0.15, 0.2) is 29.5 Å². The number of phenols is 2. The highest BCUT2D eigenvalue weighted by Crippen LogP contribution is 2.50. The first kappa shape index (κ1) is 24.2. The van der Waals surface area contributed by atoms with E-state index in [0.29, 0.717) is 37.1 Å². The highest BCUT2D eigenvalue weighted by Gasteiger charge is 2.61. The maximum Gasteiger partial charge on any atom is 0.254 e. The summed E-state index contributed by atoms with van der Waals surface area (Å²) >= 11 is 0. The van der Waals surface area contributed by atoms with Gasteiger partial charge >= 0.3 is 0 Å². The third-order valence-electron chi connectivity index (χ3n) is 7.88. The number of rotatable bonds is 3. The van der Waals surface area contributed by atoms with Gasteiger partial charge in [-0.15, -0.1) is 0 Å². The van der Waals surface area contributed by atoms with Gasteiger partial charge < -0.3 is 36.9 Å². The van der Waals surface area contributed by atoms with E-state index in [9.17, 15) is 30.0 Å². The molecule has 2 aliphatic carbocycles. The van der Waals surface area contributed by atoms with E-state index in [0.717, 1.165) is 5.56 Å². The molecule has 0 radical (unpaired) electrons. The van der Waals surface area contributed by atoms with Crippen LogP contribution in [0.5, 0.6) is 11.5 Å². The molecule has 0 bridgehead atoms. The lowest BCUT2D eigenvalue weighted by Crippen LogP contribution is -2.67. The van der Waals surface area contributed by atoms with Gasteiger partial charge in [-0.2, -0.15) is 0 Å². The highest BCUT2D eigenvalue weighted by molar-refractivity contribution is 6.34. The maximum absolute atomic E-state index is 14.0. The number of benzene rings is 2. The summed E-state index contributed by atoms with van der Waals surface area (Å²) in [6.07, 6.45) is 0.0430. The minimum atomic E-state index is -2.50.